The van der Waals surface area contributed by atoms with E-state index in [9.17, 15) is 0 Å². The molecule has 0 saturated carbocycles. The molecule has 1 aliphatic rings. The van der Waals surface area contributed by atoms with Crippen LogP contribution in [-0.4, -0.2) is 8.07 Å². The molecule has 0 amide bonds. The van der Waals surface area contributed by atoms with E-state index in [-0.39, 0.29) is 0 Å². The van der Waals surface area contributed by atoms with Crippen molar-refractivity contribution >= 4 is 23.6 Å². The van der Waals surface area contributed by atoms with Gasteiger partial charge < -0.3 is 0 Å². The molecule has 0 saturated heterocycles. The molecular weight excluding hydrogens is 545 g/mol. The van der Waals surface area contributed by atoms with Crippen molar-refractivity contribution in [2.24, 2.45) is 0 Å². The van der Waals surface area contributed by atoms with Crippen molar-refractivity contribution in [3.63, 3.8) is 0 Å². The van der Waals surface area contributed by atoms with Crippen LogP contribution in [0.1, 0.15) is 155 Å². The van der Waals surface area contributed by atoms with Gasteiger partial charge in [-0.25, -0.2) is 0 Å². The number of benzene rings is 3. The van der Waals surface area contributed by atoms with Gasteiger partial charge in [-0.3, -0.25) is 0 Å². The fraction of sp³-hybridized carbons (Fsp3) is 0.488. The zero-order valence-electron chi connectivity index (χ0n) is 30.1. The Morgan fingerprint density at radius 2 is 0.795 bits per heavy atom. The zero-order valence-corrected chi connectivity index (χ0v) is 31.1. The Morgan fingerprint density at radius 3 is 1.09 bits per heavy atom. The van der Waals surface area contributed by atoms with E-state index in [0.717, 1.165) is 25.7 Å². The Balaban J connectivity index is 2.30. The summed E-state index contributed by atoms with van der Waals surface area (Å²) in [6.45, 7) is 28.7. The molecule has 3 aromatic carbocycles. The summed E-state index contributed by atoms with van der Waals surface area (Å²) in [4.78, 5) is 0. The summed E-state index contributed by atoms with van der Waals surface area (Å²) in [6.07, 6.45) is 4.63. The second-order valence-corrected chi connectivity index (χ2v) is 18.2. The quantitative estimate of drug-likeness (QED) is 0.142. The molecule has 0 heterocycles. The largest absolute Gasteiger partial charge is 0.159 e. The fourth-order valence-electron chi connectivity index (χ4n) is 7.59. The number of allylic oxidation sites excluding steroid dienone is 4. The van der Waals surface area contributed by atoms with Gasteiger partial charge in [-0.1, -0.05) is 133 Å². The Kier molecular flexibility index (Phi) is 11.0. The van der Waals surface area contributed by atoms with Crippen LogP contribution in [0.3, 0.4) is 0 Å². The minimum atomic E-state index is -2.68. The van der Waals surface area contributed by atoms with Gasteiger partial charge in [-0.05, 0) is 126 Å². The third kappa shape index (κ3) is 6.11. The van der Waals surface area contributed by atoms with Crippen LogP contribution in [0.5, 0.6) is 0 Å². The van der Waals surface area contributed by atoms with Crippen molar-refractivity contribution < 1.29 is 0 Å². The van der Waals surface area contributed by atoms with E-state index in [0.29, 0.717) is 29.2 Å². The molecule has 0 bridgehead atoms. The summed E-state index contributed by atoms with van der Waals surface area (Å²) >= 11 is 0. The Morgan fingerprint density at radius 1 is 0.477 bits per heavy atom. The molecule has 0 aromatic heterocycles. The summed E-state index contributed by atoms with van der Waals surface area (Å²) in [5.74, 6) is 2.12. The molecule has 1 heteroatoms. The lowest BCUT2D eigenvalue weighted by Gasteiger charge is -2.42. The van der Waals surface area contributed by atoms with Crippen LogP contribution in [0, 0.1) is 0 Å². The summed E-state index contributed by atoms with van der Waals surface area (Å²) < 4.78 is 0. The van der Waals surface area contributed by atoms with Crippen LogP contribution in [0.25, 0.3) is 0 Å². The van der Waals surface area contributed by atoms with Gasteiger partial charge in [0.25, 0.3) is 0 Å². The highest BCUT2D eigenvalue weighted by Crippen LogP contribution is 2.47. The van der Waals surface area contributed by atoms with Crippen LogP contribution in [0.4, 0.5) is 0 Å². The highest BCUT2D eigenvalue weighted by molar-refractivity contribution is 7.13. The molecule has 0 fully saturated rings. The predicted molar refractivity (Wildman–Crippen MR) is 199 cm³/mol. The molecule has 1 aliphatic carbocycles. The van der Waals surface area contributed by atoms with Gasteiger partial charge in [-0.2, -0.15) is 0 Å². The smallest absolute Gasteiger partial charge is 0.0648 e. The Labute approximate surface area is 272 Å². The van der Waals surface area contributed by atoms with Crippen molar-refractivity contribution in [1.82, 2.24) is 0 Å². The Bertz CT molecular complexity index is 1360. The van der Waals surface area contributed by atoms with E-state index in [2.05, 4.69) is 150 Å². The molecule has 0 spiro atoms. The van der Waals surface area contributed by atoms with Gasteiger partial charge in [0.15, 0.2) is 8.07 Å². The number of rotatable bonds is 12. The highest BCUT2D eigenvalue weighted by Gasteiger charge is 2.51. The monoisotopic (exact) mass is 604 g/mol. The van der Waals surface area contributed by atoms with E-state index in [1.165, 1.54) is 33.4 Å². The molecule has 4 atom stereocenters. The van der Waals surface area contributed by atoms with Crippen LogP contribution in [-0.2, 0) is 0 Å². The maximum atomic E-state index is 2.67. The van der Waals surface area contributed by atoms with E-state index < -0.39 is 8.07 Å². The van der Waals surface area contributed by atoms with E-state index in [4.69, 9.17) is 0 Å². The molecule has 4 rings (SSSR count). The van der Waals surface area contributed by atoms with E-state index >= 15 is 0 Å². The highest BCUT2D eigenvalue weighted by atomic mass is 28.3. The van der Waals surface area contributed by atoms with Crippen molar-refractivity contribution in [2.75, 3.05) is 0 Å². The first-order chi connectivity index (χ1) is 21.0. The van der Waals surface area contributed by atoms with Crippen LogP contribution in [0.2, 0.25) is 5.54 Å². The van der Waals surface area contributed by atoms with Crippen molar-refractivity contribution in [2.45, 2.75) is 138 Å². The third-order valence-electron chi connectivity index (χ3n) is 11.9. The molecule has 44 heavy (non-hydrogen) atoms. The van der Waals surface area contributed by atoms with Crippen molar-refractivity contribution in [1.29, 1.82) is 0 Å². The minimum Gasteiger partial charge on any atom is -0.0648 e. The zero-order chi connectivity index (χ0) is 32.3. The molecule has 0 radical (unpaired) electrons. The SMILES string of the molecule is CCC(C)c1cc(C(C)CC)cc([Si](c2ccccc2)(c2cc(C(C)CC)cc(C(C)CC)c2)C2C(C)=C(C)C(C)=C2C)c1. The lowest BCUT2D eigenvalue weighted by Crippen LogP contribution is -2.70. The third-order valence-corrected chi connectivity index (χ3v) is 17.2. The average Bonchev–Trinajstić information content (AvgIpc) is 3.25. The van der Waals surface area contributed by atoms with E-state index in [1.807, 2.05) is 0 Å². The van der Waals surface area contributed by atoms with Gasteiger partial charge in [0.2, 0.25) is 0 Å². The second-order valence-electron chi connectivity index (χ2n) is 14.2. The van der Waals surface area contributed by atoms with Gasteiger partial charge in [0, 0.05) is 5.54 Å². The predicted octanol–water partition coefficient (Wildman–Crippen LogP) is 11.3. The Hall–Kier alpha value is -2.64. The van der Waals surface area contributed by atoms with Crippen LogP contribution >= 0.6 is 0 Å². The molecule has 0 aliphatic heterocycles. The first-order valence-corrected chi connectivity index (χ1v) is 19.7. The normalized spacial score (nSPS) is 18.4. The molecule has 3 aromatic rings. The van der Waals surface area contributed by atoms with Gasteiger partial charge in [-0.15, -0.1) is 0 Å². The van der Waals surface area contributed by atoms with Crippen LogP contribution < -0.4 is 15.6 Å². The maximum absolute atomic E-state index is 2.68. The topological polar surface area (TPSA) is 0 Å². The summed E-state index contributed by atoms with van der Waals surface area (Å²) in [7, 11) is -2.68. The molecule has 0 N–H and O–H groups in total. The maximum Gasteiger partial charge on any atom is 0.159 e. The lowest BCUT2D eigenvalue weighted by molar-refractivity contribution is 0.711. The molecular formula is C43H60Si. The average molecular weight is 605 g/mol. The molecule has 236 valence electrons. The molecule has 4 unspecified atom stereocenters. The standard InChI is InChI=1S/C43H60Si/c1-13-28(5)36-22-37(29(6)14-2)25-41(24-36)44(40-20-18-17-19-21-40,43-34(11)32(9)33(10)35(43)12)42-26-38(30(7)15-3)23-39(27-42)31(8)16-4/h17-31,43H,13-16H2,1-12H3. The van der Waals surface area contributed by atoms with Crippen LogP contribution in [0.15, 0.2) is 89.0 Å². The van der Waals surface area contributed by atoms with Gasteiger partial charge in [0.05, 0.1) is 0 Å². The first kappa shape index (κ1) is 34.2. The number of hydrogen-bond donors (Lipinski definition) is 0. The summed E-state index contributed by atoms with van der Waals surface area (Å²) in [5.41, 5.74) is 12.6. The minimum absolute atomic E-state index is 0.388. The lowest BCUT2D eigenvalue weighted by atomic mass is 9.91. The second kappa shape index (κ2) is 14.2. The van der Waals surface area contributed by atoms with E-state index in [1.54, 1.807) is 26.7 Å². The molecule has 0 nitrogen and oxygen atoms in total. The summed E-state index contributed by atoms with van der Waals surface area (Å²) in [5, 5.41) is 4.73. The fourth-order valence-corrected chi connectivity index (χ4v) is 13.6. The number of hydrogen-bond acceptors (Lipinski definition) is 0. The summed E-state index contributed by atoms with van der Waals surface area (Å²) in [6, 6.07) is 27.5. The first-order valence-electron chi connectivity index (χ1n) is 17.7. The van der Waals surface area contributed by atoms with Gasteiger partial charge >= 0.3 is 0 Å². The van der Waals surface area contributed by atoms with Gasteiger partial charge in [0.1, 0.15) is 0 Å². The van der Waals surface area contributed by atoms with Crippen molar-refractivity contribution in [3.05, 3.63) is 111 Å². The van der Waals surface area contributed by atoms with Crippen molar-refractivity contribution in [3.8, 4) is 0 Å².